The Morgan fingerprint density at radius 3 is 0.855 bits per heavy atom. The molecule has 15 aromatic rings. The Hall–Kier alpha value is -8.62. The van der Waals surface area contributed by atoms with Crippen LogP contribution in [-0.4, -0.2) is 0 Å². The summed E-state index contributed by atoms with van der Waals surface area (Å²) in [6.07, 6.45) is 0. The van der Waals surface area contributed by atoms with E-state index in [1.807, 2.05) is 11.3 Å². The molecule has 0 N–H and O–H groups in total. The van der Waals surface area contributed by atoms with Crippen LogP contribution in [0.2, 0.25) is 0 Å². The normalized spacial score (nSPS) is 12.1. The summed E-state index contributed by atoms with van der Waals surface area (Å²) in [5, 5.41) is 18.2. The molecule has 1 aromatic heterocycles. The van der Waals surface area contributed by atoms with Gasteiger partial charge in [-0.05, 0) is 168 Å². The lowest BCUT2D eigenvalue weighted by Crippen LogP contribution is -1.90. The van der Waals surface area contributed by atoms with Crippen molar-refractivity contribution in [3.05, 3.63) is 243 Å². The van der Waals surface area contributed by atoms with Crippen molar-refractivity contribution in [1.82, 2.24) is 0 Å². The molecule has 318 valence electrons. The first-order chi connectivity index (χ1) is 34.2. The lowest BCUT2D eigenvalue weighted by Gasteiger charge is -2.17. The van der Waals surface area contributed by atoms with Crippen molar-refractivity contribution in [3.8, 4) is 66.8 Å². The summed E-state index contributed by atoms with van der Waals surface area (Å²) in [5.41, 5.74) is 15.0. The minimum absolute atomic E-state index is 1.23. The van der Waals surface area contributed by atoms with Crippen molar-refractivity contribution >= 4 is 96.1 Å². The lowest BCUT2D eigenvalue weighted by atomic mass is 9.86. The van der Waals surface area contributed by atoms with Gasteiger partial charge >= 0.3 is 0 Å². The predicted octanol–water partition coefficient (Wildman–Crippen LogP) is 19.9. The number of thiophene rings is 1. The van der Waals surface area contributed by atoms with Gasteiger partial charge in [0, 0.05) is 20.2 Å². The Bertz CT molecular complexity index is 4230. The van der Waals surface area contributed by atoms with Crippen molar-refractivity contribution in [1.29, 1.82) is 0 Å². The Morgan fingerprint density at radius 1 is 0.188 bits per heavy atom. The molecule has 0 saturated carbocycles. The molecule has 14 aromatic carbocycles. The fourth-order valence-corrected chi connectivity index (χ4v) is 12.8. The van der Waals surface area contributed by atoms with Crippen molar-refractivity contribution in [2.75, 3.05) is 0 Å². The summed E-state index contributed by atoms with van der Waals surface area (Å²) in [4.78, 5) is 0. The van der Waals surface area contributed by atoms with Gasteiger partial charge in [0.25, 0.3) is 0 Å². The Balaban J connectivity index is 0.852. The molecule has 0 atom stereocenters. The van der Waals surface area contributed by atoms with Crippen LogP contribution in [0.4, 0.5) is 0 Å². The quantitative estimate of drug-likeness (QED) is 0.146. The van der Waals surface area contributed by atoms with Gasteiger partial charge in [-0.25, -0.2) is 0 Å². The van der Waals surface area contributed by atoms with Gasteiger partial charge in [0.15, 0.2) is 0 Å². The van der Waals surface area contributed by atoms with E-state index in [1.54, 1.807) is 0 Å². The van der Waals surface area contributed by atoms with Crippen LogP contribution in [0.3, 0.4) is 0 Å². The average Bonchev–Trinajstić information content (AvgIpc) is 3.79. The van der Waals surface area contributed by atoms with E-state index < -0.39 is 0 Å². The van der Waals surface area contributed by atoms with Crippen LogP contribution in [0, 0.1) is 0 Å². The average molecular weight is 889 g/mol. The first-order valence-electron chi connectivity index (χ1n) is 23.9. The molecule has 0 amide bonds. The highest BCUT2D eigenvalue weighted by Gasteiger charge is 2.19. The van der Waals surface area contributed by atoms with Crippen LogP contribution >= 0.6 is 11.3 Å². The molecule has 69 heavy (non-hydrogen) atoms. The summed E-state index contributed by atoms with van der Waals surface area (Å²) in [5.74, 6) is 0. The van der Waals surface area contributed by atoms with Gasteiger partial charge in [0.05, 0.1) is 0 Å². The fourth-order valence-electron chi connectivity index (χ4n) is 11.7. The van der Waals surface area contributed by atoms with E-state index in [4.69, 9.17) is 0 Å². The Morgan fingerprint density at radius 2 is 0.493 bits per heavy atom. The van der Waals surface area contributed by atoms with Crippen LogP contribution in [0.5, 0.6) is 0 Å². The van der Waals surface area contributed by atoms with Crippen molar-refractivity contribution < 1.29 is 0 Å². The highest BCUT2D eigenvalue weighted by molar-refractivity contribution is 7.25. The van der Waals surface area contributed by atoms with E-state index in [0.717, 1.165) is 0 Å². The van der Waals surface area contributed by atoms with E-state index in [-0.39, 0.29) is 0 Å². The molecule has 15 rings (SSSR count). The van der Waals surface area contributed by atoms with E-state index in [1.165, 1.54) is 152 Å². The third-order valence-corrected chi connectivity index (χ3v) is 16.1. The highest BCUT2D eigenvalue weighted by atomic mass is 32.1. The molecular formula is C68H40S. The maximum Gasteiger partial charge on any atom is 0.0355 e. The molecule has 0 unspecified atom stereocenters. The van der Waals surface area contributed by atoms with Gasteiger partial charge < -0.3 is 0 Å². The zero-order valence-electron chi connectivity index (χ0n) is 37.5. The van der Waals surface area contributed by atoms with Crippen molar-refractivity contribution in [3.63, 3.8) is 0 Å². The summed E-state index contributed by atoms with van der Waals surface area (Å²) < 4.78 is 2.62. The standard InChI is InChI=1S/C68H40S/c1-3-9-41(10-4-1)47-13-7-15-49(37-47)53-27-17-43-23-33-59-55(29-19-45-21-31-57(53)65(43)67(45)59)51-25-35-63-61(39-51)62-40-52(26-36-64(62)69-63)56-30-20-46-22-32-58-54(28-18-44-24-34-60(56)68(46)66(44)58)50-16-8-14-48(38-50)42-11-5-2-6-12-42/h1-40H. The lowest BCUT2D eigenvalue weighted by molar-refractivity contribution is 1.61. The van der Waals surface area contributed by atoms with Gasteiger partial charge in [-0.15, -0.1) is 11.3 Å². The zero-order chi connectivity index (χ0) is 45.2. The SMILES string of the molecule is c1ccc(-c2cccc(-c3ccc4ccc5c(-c6ccc7sc8ccc(-c9ccc%10ccc%11c(-c%12cccc(-c%13ccccc%13)c%12)ccc%12ccc9c%10c%12%11)cc8c7c6)ccc6ccc3c4c65)c2)cc1. The second-order valence-corrected chi connectivity index (χ2v) is 19.8. The Labute approximate surface area is 403 Å². The van der Waals surface area contributed by atoms with E-state index >= 15 is 0 Å². The van der Waals surface area contributed by atoms with Gasteiger partial charge in [-0.1, -0.05) is 206 Å². The van der Waals surface area contributed by atoms with Gasteiger partial charge in [0.1, 0.15) is 0 Å². The summed E-state index contributed by atoms with van der Waals surface area (Å²) in [6.45, 7) is 0. The minimum Gasteiger partial charge on any atom is -0.135 e. The van der Waals surface area contributed by atoms with Gasteiger partial charge in [0.2, 0.25) is 0 Å². The smallest absolute Gasteiger partial charge is 0.0355 e. The third-order valence-electron chi connectivity index (χ3n) is 15.0. The molecule has 0 saturated heterocycles. The van der Waals surface area contributed by atoms with Crippen molar-refractivity contribution in [2.45, 2.75) is 0 Å². The number of benzene rings is 14. The monoisotopic (exact) mass is 888 g/mol. The van der Waals surface area contributed by atoms with E-state index in [9.17, 15) is 0 Å². The van der Waals surface area contributed by atoms with E-state index in [2.05, 4.69) is 243 Å². The first-order valence-corrected chi connectivity index (χ1v) is 24.7. The second-order valence-electron chi connectivity index (χ2n) is 18.7. The predicted molar refractivity (Wildman–Crippen MR) is 299 cm³/mol. The number of hydrogen-bond acceptors (Lipinski definition) is 1. The minimum atomic E-state index is 1.23. The topological polar surface area (TPSA) is 0 Å². The van der Waals surface area contributed by atoms with Gasteiger partial charge in [-0.2, -0.15) is 0 Å². The van der Waals surface area contributed by atoms with Crippen LogP contribution in [0.15, 0.2) is 243 Å². The largest absolute Gasteiger partial charge is 0.135 e. The van der Waals surface area contributed by atoms with Crippen LogP contribution in [0.25, 0.3) is 152 Å². The molecule has 0 bridgehead atoms. The maximum absolute atomic E-state index is 2.45. The van der Waals surface area contributed by atoms with Crippen LogP contribution < -0.4 is 0 Å². The molecule has 1 heterocycles. The zero-order valence-corrected chi connectivity index (χ0v) is 38.3. The molecule has 0 aliphatic carbocycles. The molecule has 0 radical (unpaired) electrons. The summed E-state index contributed by atoms with van der Waals surface area (Å²) in [6, 6.07) is 90.8. The maximum atomic E-state index is 2.45. The number of rotatable bonds is 6. The molecule has 1 heteroatoms. The number of hydrogen-bond donors (Lipinski definition) is 0. The molecule has 0 spiro atoms. The van der Waals surface area contributed by atoms with Crippen LogP contribution in [-0.2, 0) is 0 Å². The third kappa shape index (κ3) is 5.94. The molecule has 0 nitrogen and oxygen atoms in total. The first kappa shape index (κ1) is 38.5. The number of fused-ring (bicyclic) bond motifs is 3. The van der Waals surface area contributed by atoms with Gasteiger partial charge in [-0.3, -0.25) is 0 Å². The summed E-state index contributed by atoms with van der Waals surface area (Å²) in [7, 11) is 0. The second kappa shape index (κ2) is 14.9. The van der Waals surface area contributed by atoms with Crippen molar-refractivity contribution in [2.24, 2.45) is 0 Å². The molecule has 0 aliphatic rings. The Kier molecular flexibility index (Phi) is 8.33. The molecular weight excluding hydrogens is 849 g/mol. The summed E-state index contributed by atoms with van der Waals surface area (Å²) >= 11 is 1.89. The van der Waals surface area contributed by atoms with E-state index in [0.29, 0.717) is 0 Å². The van der Waals surface area contributed by atoms with Crippen LogP contribution in [0.1, 0.15) is 0 Å². The molecule has 0 fully saturated rings. The fraction of sp³-hybridized carbons (Fsp3) is 0. The highest BCUT2D eigenvalue weighted by Crippen LogP contribution is 2.47. The molecule has 0 aliphatic heterocycles.